The van der Waals surface area contributed by atoms with Crippen molar-refractivity contribution >= 4 is 11.6 Å². The Balaban J connectivity index is 1.37. The molecule has 0 aliphatic carbocycles. The summed E-state index contributed by atoms with van der Waals surface area (Å²) in [6.07, 6.45) is 8.73. The van der Waals surface area contributed by atoms with Gasteiger partial charge in [-0.2, -0.15) is 0 Å². The Morgan fingerprint density at radius 2 is 1.91 bits per heavy atom. The highest BCUT2D eigenvalue weighted by molar-refractivity contribution is 6.30. The van der Waals surface area contributed by atoms with Gasteiger partial charge in [-0.05, 0) is 46.1 Å². The van der Waals surface area contributed by atoms with Gasteiger partial charge in [-0.25, -0.2) is 4.98 Å². The Hall–Kier alpha value is -1.89. The van der Waals surface area contributed by atoms with Gasteiger partial charge in [0.2, 0.25) is 5.88 Å². The van der Waals surface area contributed by atoms with E-state index < -0.39 is 0 Å². The molecular weight excluding hydrogens is 424 g/mol. The van der Waals surface area contributed by atoms with Crippen LogP contribution in [0, 0.1) is 5.92 Å². The van der Waals surface area contributed by atoms with Crippen LogP contribution in [-0.4, -0.2) is 70.2 Å². The molecule has 0 saturated carbocycles. The molecule has 2 aliphatic rings. The quantitative estimate of drug-likeness (QED) is 0.578. The van der Waals surface area contributed by atoms with Crippen LogP contribution in [0.3, 0.4) is 0 Å². The number of rotatable bonds is 8. The molecular formula is C25H35ClN4O2. The van der Waals surface area contributed by atoms with Crippen LogP contribution in [0.5, 0.6) is 11.6 Å². The number of nitrogens with zero attached hydrogens (tertiary/aromatic N) is 4. The van der Waals surface area contributed by atoms with Crippen molar-refractivity contribution in [1.29, 1.82) is 0 Å². The minimum absolute atomic E-state index is 0.177. The van der Waals surface area contributed by atoms with E-state index in [0.717, 1.165) is 57.1 Å². The maximum Gasteiger partial charge on any atom is 0.213 e. The first-order valence-electron chi connectivity index (χ1n) is 11.8. The summed E-state index contributed by atoms with van der Waals surface area (Å²) in [4.78, 5) is 13.6. The smallest absolute Gasteiger partial charge is 0.213 e. The lowest BCUT2D eigenvalue weighted by Crippen LogP contribution is -2.50. The van der Waals surface area contributed by atoms with Crippen LogP contribution < -0.4 is 9.47 Å². The fourth-order valence-corrected chi connectivity index (χ4v) is 5.11. The van der Waals surface area contributed by atoms with Crippen LogP contribution in [0.15, 0.2) is 42.9 Å². The zero-order chi connectivity index (χ0) is 22.5. The Labute approximate surface area is 196 Å². The topological polar surface area (TPSA) is 50.7 Å². The van der Waals surface area contributed by atoms with Crippen molar-refractivity contribution in [1.82, 2.24) is 19.8 Å². The number of halogens is 1. The molecule has 2 aromatic heterocycles. The van der Waals surface area contributed by atoms with E-state index >= 15 is 0 Å². The second-order valence-electron chi connectivity index (χ2n) is 9.41. The first-order valence-corrected chi connectivity index (χ1v) is 12.2. The largest absolute Gasteiger partial charge is 0.488 e. The summed E-state index contributed by atoms with van der Waals surface area (Å²) in [6.45, 7) is 11.0. The maximum atomic E-state index is 6.42. The molecule has 2 fully saturated rings. The molecule has 32 heavy (non-hydrogen) atoms. The van der Waals surface area contributed by atoms with Gasteiger partial charge in [0.25, 0.3) is 0 Å². The van der Waals surface area contributed by atoms with Crippen LogP contribution in [0.1, 0.15) is 40.0 Å². The van der Waals surface area contributed by atoms with Crippen molar-refractivity contribution in [3.05, 3.63) is 47.9 Å². The van der Waals surface area contributed by atoms with E-state index in [1.54, 1.807) is 18.6 Å². The van der Waals surface area contributed by atoms with E-state index in [0.29, 0.717) is 23.0 Å². The zero-order valence-electron chi connectivity index (χ0n) is 19.4. The normalized spacial score (nSPS) is 25.7. The molecule has 4 unspecified atom stereocenters. The molecule has 4 rings (SSSR count). The van der Waals surface area contributed by atoms with E-state index in [1.165, 1.54) is 0 Å². The molecule has 7 heteroatoms. The predicted octanol–water partition coefficient (Wildman–Crippen LogP) is 4.54. The van der Waals surface area contributed by atoms with Gasteiger partial charge in [-0.1, -0.05) is 17.7 Å². The van der Waals surface area contributed by atoms with Crippen molar-refractivity contribution < 1.29 is 9.47 Å². The number of pyridine rings is 2. The number of piperidine rings is 1. The summed E-state index contributed by atoms with van der Waals surface area (Å²) in [5.74, 6) is 1.94. The van der Waals surface area contributed by atoms with Crippen LogP contribution in [0.25, 0.3) is 0 Å². The number of likely N-dealkylation sites (tertiary alicyclic amines) is 2. The summed E-state index contributed by atoms with van der Waals surface area (Å²) in [6, 6.07) is 8.69. The molecule has 0 spiro atoms. The van der Waals surface area contributed by atoms with Crippen molar-refractivity contribution in [2.24, 2.45) is 5.92 Å². The van der Waals surface area contributed by atoms with Gasteiger partial charge in [-0.3, -0.25) is 9.88 Å². The second-order valence-corrected chi connectivity index (χ2v) is 9.85. The lowest BCUT2D eigenvalue weighted by molar-refractivity contribution is 0.0155. The van der Waals surface area contributed by atoms with Gasteiger partial charge >= 0.3 is 0 Å². The maximum absolute atomic E-state index is 6.42. The van der Waals surface area contributed by atoms with Crippen molar-refractivity contribution in [2.75, 3.05) is 26.2 Å². The summed E-state index contributed by atoms with van der Waals surface area (Å²) >= 11 is 6.13. The number of ether oxygens (including phenoxy) is 2. The second kappa shape index (κ2) is 10.8. The predicted molar refractivity (Wildman–Crippen MR) is 127 cm³/mol. The van der Waals surface area contributed by atoms with E-state index in [2.05, 4.69) is 40.5 Å². The number of hydrogen-bond acceptors (Lipinski definition) is 6. The van der Waals surface area contributed by atoms with Crippen LogP contribution in [-0.2, 0) is 0 Å². The summed E-state index contributed by atoms with van der Waals surface area (Å²) in [5.41, 5.74) is 0. The molecule has 0 N–H and O–H groups in total. The van der Waals surface area contributed by atoms with E-state index in [-0.39, 0.29) is 12.2 Å². The lowest BCUT2D eigenvalue weighted by atomic mass is 9.88. The Bertz CT molecular complexity index is 853. The first kappa shape index (κ1) is 23.3. The average Bonchev–Trinajstić information content (AvgIpc) is 3.24. The van der Waals surface area contributed by atoms with E-state index in [9.17, 15) is 0 Å². The monoisotopic (exact) mass is 458 g/mol. The highest BCUT2D eigenvalue weighted by Crippen LogP contribution is 2.30. The van der Waals surface area contributed by atoms with E-state index in [1.807, 2.05) is 24.3 Å². The molecule has 0 bridgehead atoms. The molecule has 0 aromatic carbocycles. The fourth-order valence-electron chi connectivity index (χ4n) is 4.95. The van der Waals surface area contributed by atoms with Crippen LogP contribution >= 0.6 is 11.6 Å². The molecule has 2 aliphatic heterocycles. The Kier molecular flexibility index (Phi) is 7.87. The molecule has 4 heterocycles. The minimum atomic E-state index is 0.177. The Morgan fingerprint density at radius 3 is 2.66 bits per heavy atom. The molecule has 4 atom stereocenters. The van der Waals surface area contributed by atoms with Gasteiger partial charge < -0.3 is 14.4 Å². The SMILES string of the molecule is CC(C)N1CCC(Oc2cncc(Cl)c2)C(CC(C)N2CCC(Oc3ccccn3)C2)C1. The third kappa shape index (κ3) is 6.12. The Morgan fingerprint density at radius 1 is 1.06 bits per heavy atom. The highest BCUT2D eigenvalue weighted by atomic mass is 35.5. The molecule has 0 radical (unpaired) electrons. The fraction of sp³-hybridized carbons (Fsp3) is 0.600. The summed E-state index contributed by atoms with van der Waals surface area (Å²) in [5, 5.41) is 0.614. The first-order chi connectivity index (χ1) is 15.5. The lowest BCUT2D eigenvalue weighted by Gasteiger charge is -2.42. The van der Waals surface area contributed by atoms with Crippen LogP contribution in [0.4, 0.5) is 0 Å². The zero-order valence-corrected chi connectivity index (χ0v) is 20.1. The standard InChI is InChI=1S/C25H35ClN4O2/c1-18(2)29-11-8-24(31-23-13-21(26)14-27-15-23)20(16-29)12-19(3)30-10-7-22(17-30)32-25-6-4-5-9-28-25/h4-6,9,13-15,18-20,22,24H,7-8,10-12,16-17H2,1-3H3. The van der Waals surface area contributed by atoms with Crippen molar-refractivity contribution in [3.63, 3.8) is 0 Å². The summed E-state index contributed by atoms with van der Waals surface area (Å²) < 4.78 is 12.5. The molecule has 2 aromatic rings. The molecule has 6 nitrogen and oxygen atoms in total. The number of hydrogen-bond donors (Lipinski definition) is 0. The van der Waals surface area contributed by atoms with Crippen molar-refractivity contribution in [2.45, 2.75) is 64.3 Å². The molecule has 2 saturated heterocycles. The number of aromatic nitrogens is 2. The van der Waals surface area contributed by atoms with Gasteiger partial charge in [0.1, 0.15) is 18.0 Å². The van der Waals surface area contributed by atoms with Gasteiger partial charge in [0, 0.05) is 68.7 Å². The van der Waals surface area contributed by atoms with Gasteiger partial charge in [0.05, 0.1) is 11.2 Å². The highest BCUT2D eigenvalue weighted by Gasteiger charge is 2.35. The van der Waals surface area contributed by atoms with E-state index in [4.69, 9.17) is 21.1 Å². The van der Waals surface area contributed by atoms with Crippen LogP contribution in [0.2, 0.25) is 5.02 Å². The third-order valence-electron chi connectivity index (χ3n) is 6.76. The molecule has 0 amide bonds. The molecule has 174 valence electrons. The van der Waals surface area contributed by atoms with Gasteiger partial charge in [-0.15, -0.1) is 0 Å². The van der Waals surface area contributed by atoms with Crippen molar-refractivity contribution in [3.8, 4) is 11.6 Å². The van der Waals surface area contributed by atoms with Gasteiger partial charge in [0.15, 0.2) is 0 Å². The third-order valence-corrected chi connectivity index (χ3v) is 6.97. The average molecular weight is 459 g/mol. The minimum Gasteiger partial charge on any atom is -0.488 e. The summed E-state index contributed by atoms with van der Waals surface area (Å²) in [7, 11) is 0.